The smallest absolute Gasteiger partial charge is 0.268 e. The fourth-order valence-electron chi connectivity index (χ4n) is 4.22. The number of hydrogen-bond acceptors (Lipinski definition) is 7. The molecule has 1 saturated carbocycles. The van der Waals surface area contributed by atoms with Crippen LogP contribution >= 0.6 is 0 Å². The SMILES string of the molecule is O=c1c2cnc3nc(C4CCCCC4)nn3c2ccn1-c1n[nH]c(-c2cccnc2)n1. The van der Waals surface area contributed by atoms with Crippen LogP contribution in [0, 0.1) is 0 Å². The summed E-state index contributed by atoms with van der Waals surface area (Å²) in [5, 5.41) is 12.2. The number of rotatable bonds is 3. The number of aromatic nitrogens is 9. The van der Waals surface area contributed by atoms with Crippen molar-refractivity contribution in [1.29, 1.82) is 0 Å². The zero-order valence-corrected chi connectivity index (χ0v) is 16.6. The first-order valence-corrected chi connectivity index (χ1v) is 10.4. The van der Waals surface area contributed by atoms with Gasteiger partial charge in [0.25, 0.3) is 17.3 Å². The molecule has 0 bridgehead atoms. The van der Waals surface area contributed by atoms with Crippen LogP contribution in [0.5, 0.6) is 0 Å². The predicted octanol–water partition coefficient (Wildman–Crippen LogP) is 2.66. The minimum absolute atomic E-state index is 0.257. The van der Waals surface area contributed by atoms with Gasteiger partial charge in [-0.05, 0) is 31.0 Å². The van der Waals surface area contributed by atoms with E-state index in [0.717, 1.165) is 24.2 Å². The highest BCUT2D eigenvalue weighted by Gasteiger charge is 2.21. The molecule has 0 saturated heterocycles. The second-order valence-electron chi connectivity index (χ2n) is 7.79. The molecule has 0 spiro atoms. The topological polar surface area (TPSA) is 120 Å². The van der Waals surface area contributed by atoms with E-state index in [1.54, 1.807) is 29.3 Å². The lowest BCUT2D eigenvalue weighted by atomic mass is 9.89. The molecule has 1 N–H and O–H groups in total. The van der Waals surface area contributed by atoms with Crippen molar-refractivity contribution in [2.24, 2.45) is 0 Å². The van der Waals surface area contributed by atoms with Crippen LogP contribution in [-0.2, 0) is 0 Å². The van der Waals surface area contributed by atoms with Gasteiger partial charge in [0.1, 0.15) is 0 Å². The molecule has 0 unspecified atom stereocenters. The fourth-order valence-corrected chi connectivity index (χ4v) is 4.22. The highest BCUT2D eigenvalue weighted by Crippen LogP contribution is 2.31. The molecule has 5 heterocycles. The van der Waals surface area contributed by atoms with Crippen LogP contribution in [-0.4, -0.2) is 44.3 Å². The van der Waals surface area contributed by atoms with E-state index in [-0.39, 0.29) is 11.5 Å². The largest absolute Gasteiger partial charge is 0.268 e. The summed E-state index contributed by atoms with van der Waals surface area (Å²) in [5.74, 6) is 2.50. The van der Waals surface area contributed by atoms with Gasteiger partial charge in [0.05, 0.1) is 10.9 Å². The van der Waals surface area contributed by atoms with E-state index in [1.165, 1.54) is 23.8 Å². The molecule has 6 rings (SSSR count). The Hall–Kier alpha value is -3.95. The molecule has 1 fully saturated rings. The van der Waals surface area contributed by atoms with Crippen molar-refractivity contribution in [2.75, 3.05) is 0 Å². The van der Waals surface area contributed by atoms with Gasteiger partial charge >= 0.3 is 0 Å². The Morgan fingerprint density at radius 2 is 1.97 bits per heavy atom. The molecule has 5 aromatic rings. The van der Waals surface area contributed by atoms with Gasteiger partial charge < -0.3 is 0 Å². The number of H-pyrrole nitrogens is 1. The summed E-state index contributed by atoms with van der Waals surface area (Å²) in [6.07, 6.45) is 12.5. The Balaban J connectivity index is 1.43. The third-order valence-electron chi connectivity index (χ3n) is 5.84. The maximum Gasteiger partial charge on any atom is 0.268 e. The minimum atomic E-state index is -0.265. The predicted molar refractivity (Wildman–Crippen MR) is 113 cm³/mol. The van der Waals surface area contributed by atoms with Gasteiger partial charge in [-0.25, -0.2) is 9.55 Å². The molecule has 0 aromatic carbocycles. The van der Waals surface area contributed by atoms with Crippen molar-refractivity contribution in [1.82, 2.24) is 44.3 Å². The van der Waals surface area contributed by atoms with E-state index >= 15 is 0 Å². The Bertz CT molecular complexity index is 1440. The molecule has 0 amide bonds. The summed E-state index contributed by atoms with van der Waals surface area (Å²) >= 11 is 0. The van der Waals surface area contributed by atoms with Crippen molar-refractivity contribution in [3.8, 4) is 17.3 Å². The van der Waals surface area contributed by atoms with Crippen molar-refractivity contribution >= 4 is 16.7 Å². The van der Waals surface area contributed by atoms with Gasteiger partial charge in [-0.3, -0.25) is 14.9 Å². The summed E-state index contributed by atoms with van der Waals surface area (Å²) < 4.78 is 3.06. The van der Waals surface area contributed by atoms with E-state index in [4.69, 9.17) is 5.10 Å². The first kappa shape index (κ1) is 17.9. The Morgan fingerprint density at radius 3 is 2.81 bits per heavy atom. The van der Waals surface area contributed by atoms with Crippen LogP contribution in [0.4, 0.5) is 0 Å². The second-order valence-corrected chi connectivity index (χ2v) is 7.79. The number of pyridine rings is 2. The average molecular weight is 413 g/mol. The summed E-state index contributed by atoms with van der Waals surface area (Å²) in [5.41, 5.74) is 1.19. The van der Waals surface area contributed by atoms with Crippen LogP contribution in [0.1, 0.15) is 43.8 Å². The van der Waals surface area contributed by atoms with E-state index in [9.17, 15) is 4.79 Å². The molecule has 31 heavy (non-hydrogen) atoms. The number of aromatic amines is 1. The molecule has 1 aliphatic rings. The van der Waals surface area contributed by atoms with Crippen LogP contribution < -0.4 is 5.56 Å². The normalized spacial score (nSPS) is 15.1. The van der Waals surface area contributed by atoms with Crippen molar-refractivity contribution in [2.45, 2.75) is 38.0 Å². The monoisotopic (exact) mass is 413 g/mol. The highest BCUT2D eigenvalue weighted by atomic mass is 16.1. The van der Waals surface area contributed by atoms with Crippen molar-refractivity contribution < 1.29 is 0 Å². The first-order chi connectivity index (χ1) is 15.3. The molecule has 0 aliphatic heterocycles. The number of hydrogen-bond donors (Lipinski definition) is 1. The molecule has 10 nitrogen and oxygen atoms in total. The zero-order valence-electron chi connectivity index (χ0n) is 16.6. The maximum absolute atomic E-state index is 13.2. The lowest BCUT2D eigenvalue weighted by Crippen LogP contribution is -2.20. The standard InChI is InChI=1S/C21H19N9O/c31-19-15-12-23-20-25-18(13-5-2-1-3-6-13)28-30(20)16(15)8-10-29(19)21-24-17(26-27-21)14-7-4-9-22-11-14/h4,7-13H,1-3,5-6H2,(H,24,26,27). The average Bonchev–Trinajstić information content (AvgIpc) is 3.48. The Labute approximate surface area is 176 Å². The van der Waals surface area contributed by atoms with Gasteiger partial charge in [0.15, 0.2) is 11.6 Å². The van der Waals surface area contributed by atoms with E-state index in [1.807, 2.05) is 18.2 Å². The van der Waals surface area contributed by atoms with Crippen LogP contribution in [0.2, 0.25) is 0 Å². The molecule has 5 aromatic heterocycles. The van der Waals surface area contributed by atoms with Gasteiger partial charge in [-0.1, -0.05) is 19.3 Å². The Morgan fingerprint density at radius 1 is 1.06 bits per heavy atom. The summed E-state index contributed by atoms with van der Waals surface area (Å²) in [6, 6.07) is 5.51. The van der Waals surface area contributed by atoms with Gasteiger partial charge in [0, 0.05) is 36.3 Å². The minimum Gasteiger partial charge on any atom is -0.268 e. The molecule has 1 aliphatic carbocycles. The van der Waals surface area contributed by atoms with E-state index < -0.39 is 0 Å². The fraction of sp³-hybridized carbons (Fsp3) is 0.286. The quantitative estimate of drug-likeness (QED) is 0.483. The van der Waals surface area contributed by atoms with Crippen molar-refractivity contribution in [3.63, 3.8) is 0 Å². The van der Waals surface area contributed by atoms with Crippen LogP contribution in [0.25, 0.3) is 34.0 Å². The van der Waals surface area contributed by atoms with Gasteiger partial charge in [-0.2, -0.15) is 14.5 Å². The van der Waals surface area contributed by atoms with Gasteiger partial charge in [0.2, 0.25) is 0 Å². The van der Waals surface area contributed by atoms with Crippen LogP contribution in [0.3, 0.4) is 0 Å². The lowest BCUT2D eigenvalue weighted by molar-refractivity contribution is 0.429. The Kier molecular flexibility index (Phi) is 4.08. The maximum atomic E-state index is 13.2. The molecular weight excluding hydrogens is 394 g/mol. The number of nitrogens with one attached hydrogen (secondary N) is 1. The molecule has 0 atom stereocenters. The lowest BCUT2D eigenvalue weighted by Gasteiger charge is -2.17. The van der Waals surface area contributed by atoms with Crippen molar-refractivity contribution in [3.05, 3.63) is 59.2 Å². The van der Waals surface area contributed by atoms with Crippen LogP contribution in [0.15, 0.2) is 47.8 Å². The third kappa shape index (κ3) is 2.98. The number of fused-ring (bicyclic) bond motifs is 3. The summed E-state index contributed by atoms with van der Waals surface area (Å²) in [6.45, 7) is 0. The van der Waals surface area contributed by atoms with E-state index in [0.29, 0.717) is 28.4 Å². The zero-order chi connectivity index (χ0) is 20.8. The van der Waals surface area contributed by atoms with E-state index in [2.05, 4.69) is 30.1 Å². The molecule has 10 heteroatoms. The highest BCUT2D eigenvalue weighted by molar-refractivity contribution is 5.78. The molecule has 0 radical (unpaired) electrons. The molecule has 154 valence electrons. The first-order valence-electron chi connectivity index (χ1n) is 10.4. The summed E-state index contributed by atoms with van der Waals surface area (Å²) in [4.78, 5) is 30.7. The van der Waals surface area contributed by atoms with Gasteiger partial charge in [-0.15, -0.1) is 10.2 Å². The molecular formula is C21H19N9O. The summed E-state index contributed by atoms with van der Waals surface area (Å²) in [7, 11) is 0. The second kappa shape index (κ2) is 7.08. The number of nitrogens with zero attached hydrogens (tertiary/aromatic N) is 8. The third-order valence-corrected chi connectivity index (χ3v) is 5.84.